The summed E-state index contributed by atoms with van der Waals surface area (Å²) in [6.07, 6.45) is 8.43. The minimum Gasteiger partial charge on any atom is -0.302 e. The Bertz CT molecular complexity index is 532. The molecular formula is C21H32N2S. The highest BCUT2D eigenvalue weighted by Gasteiger charge is 2.29. The third-order valence-electron chi connectivity index (χ3n) is 6.29. The second-order valence-electron chi connectivity index (χ2n) is 8.04. The summed E-state index contributed by atoms with van der Waals surface area (Å²) in [6.45, 7) is 9.04. The predicted octanol–water partition coefficient (Wildman–Crippen LogP) is 4.60. The molecule has 0 spiro atoms. The lowest BCUT2D eigenvalue weighted by molar-refractivity contribution is 0.0923. The Kier molecular flexibility index (Phi) is 5.50. The van der Waals surface area contributed by atoms with Gasteiger partial charge in [0.1, 0.15) is 0 Å². The van der Waals surface area contributed by atoms with Gasteiger partial charge < -0.3 is 9.80 Å². The van der Waals surface area contributed by atoms with Crippen LogP contribution in [-0.4, -0.2) is 53.8 Å². The van der Waals surface area contributed by atoms with Crippen LogP contribution < -0.4 is 0 Å². The van der Waals surface area contributed by atoms with E-state index in [9.17, 15) is 0 Å². The number of hydrogen-bond acceptors (Lipinski definition) is 3. The normalized spacial score (nSPS) is 30.2. The van der Waals surface area contributed by atoms with Gasteiger partial charge in [-0.1, -0.05) is 31.5 Å². The predicted molar refractivity (Wildman–Crippen MR) is 104 cm³/mol. The maximum atomic E-state index is 2.79. The maximum absolute atomic E-state index is 2.79. The molecule has 3 aliphatic heterocycles. The second-order valence-corrected chi connectivity index (χ2v) is 9.39. The van der Waals surface area contributed by atoms with Crippen molar-refractivity contribution in [3.63, 3.8) is 0 Å². The van der Waals surface area contributed by atoms with Crippen molar-refractivity contribution in [1.82, 2.24) is 9.80 Å². The van der Waals surface area contributed by atoms with Gasteiger partial charge in [-0.25, -0.2) is 0 Å². The van der Waals surface area contributed by atoms with Gasteiger partial charge in [0, 0.05) is 22.7 Å². The van der Waals surface area contributed by atoms with Gasteiger partial charge in [0.25, 0.3) is 0 Å². The monoisotopic (exact) mass is 344 g/mol. The van der Waals surface area contributed by atoms with Crippen molar-refractivity contribution in [2.45, 2.75) is 67.6 Å². The average Bonchev–Trinajstić information content (AvgIpc) is 2.63. The van der Waals surface area contributed by atoms with Crippen LogP contribution >= 0.6 is 11.8 Å². The van der Waals surface area contributed by atoms with Crippen molar-refractivity contribution in [3.05, 3.63) is 29.8 Å². The third-order valence-corrected chi connectivity index (χ3v) is 7.59. The number of likely N-dealkylation sites (tertiary alicyclic amines) is 2. The molecule has 0 radical (unpaired) electrons. The molecule has 0 amide bonds. The maximum Gasteiger partial charge on any atom is 0.0228 e. The highest BCUT2D eigenvalue weighted by atomic mass is 32.2. The van der Waals surface area contributed by atoms with Gasteiger partial charge in [-0.3, -0.25) is 0 Å². The van der Waals surface area contributed by atoms with Crippen LogP contribution in [0.1, 0.15) is 56.9 Å². The summed E-state index contributed by atoms with van der Waals surface area (Å²) in [5.41, 5.74) is 1.57. The molecule has 3 aliphatic rings. The Morgan fingerprint density at radius 2 is 1.75 bits per heavy atom. The molecule has 0 aliphatic carbocycles. The van der Waals surface area contributed by atoms with Gasteiger partial charge in [0.05, 0.1) is 0 Å². The number of hydrogen-bond donors (Lipinski definition) is 0. The van der Waals surface area contributed by atoms with E-state index in [1.54, 1.807) is 5.56 Å². The molecule has 0 aromatic heterocycles. The fraction of sp³-hybridized carbons (Fsp3) is 0.714. The summed E-state index contributed by atoms with van der Waals surface area (Å²) in [6, 6.07) is 9.92. The second kappa shape index (κ2) is 7.80. The molecular weight excluding hydrogens is 312 g/mol. The Morgan fingerprint density at radius 3 is 2.54 bits per heavy atom. The van der Waals surface area contributed by atoms with E-state index in [0.29, 0.717) is 0 Å². The van der Waals surface area contributed by atoms with E-state index in [2.05, 4.69) is 52.8 Å². The van der Waals surface area contributed by atoms with E-state index < -0.39 is 0 Å². The summed E-state index contributed by atoms with van der Waals surface area (Å²) in [7, 11) is 0. The van der Waals surface area contributed by atoms with Crippen LogP contribution in [0.2, 0.25) is 0 Å². The first-order valence-electron chi connectivity index (χ1n) is 10.0. The standard InChI is InChI=1S/C21H32N2S/c1-17-15-19(24-21-8-4-3-7-20(17)21)16-22-13-9-18(10-14-22)23-11-5-2-6-12-23/h3-4,7-8,17-19H,2,5-6,9-16H2,1H3. The molecule has 2 nitrogen and oxygen atoms in total. The quantitative estimate of drug-likeness (QED) is 0.791. The van der Waals surface area contributed by atoms with E-state index in [1.165, 1.54) is 76.1 Å². The summed E-state index contributed by atoms with van der Waals surface area (Å²) in [4.78, 5) is 7.07. The van der Waals surface area contributed by atoms with Gasteiger partial charge in [-0.05, 0) is 75.8 Å². The number of fused-ring (bicyclic) bond motifs is 1. The zero-order chi connectivity index (χ0) is 16.4. The largest absolute Gasteiger partial charge is 0.302 e. The van der Waals surface area contributed by atoms with Gasteiger partial charge in [-0.2, -0.15) is 0 Å². The lowest BCUT2D eigenvalue weighted by atomic mass is 9.94. The van der Waals surface area contributed by atoms with Crippen LogP contribution in [0, 0.1) is 0 Å². The van der Waals surface area contributed by atoms with Crippen molar-refractivity contribution in [2.75, 3.05) is 32.7 Å². The lowest BCUT2D eigenvalue weighted by Gasteiger charge is -2.41. The minimum atomic E-state index is 0.721. The fourth-order valence-electron chi connectivity index (χ4n) is 4.89. The topological polar surface area (TPSA) is 6.48 Å². The number of nitrogens with zero attached hydrogens (tertiary/aromatic N) is 2. The lowest BCUT2D eigenvalue weighted by Crippen LogP contribution is -2.48. The van der Waals surface area contributed by atoms with Crippen LogP contribution in [0.3, 0.4) is 0 Å². The van der Waals surface area contributed by atoms with Gasteiger partial charge in [0.2, 0.25) is 0 Å². The molecule has 132 valence electrons. The highest BCUT2D eigenvalue weighted by molar-refractivity contribution is 8.00. The third kappa shape index (κ3) is 3.84. The number of rotatable bonds is 3. The van der Waals surface area contributed by atoms with Crippen molar-refractivity contribution >= 4 is 11.8 Å². The Balaban J connectivity index is 1.28. The number of benzene rings is 1. The van der Waals surface area contributed by atoms with Crippen molar-refractivity contribution < 1.29 is 0 Å². The Morgan fingerprint density at radius 1 is 1.00 bits per heavy atom. The minimum absolute atomic E-state index is 0.721. The first kappa shape index (κ1) is 16.9. The van der Waals surface area contributed by atoms with Gasteiger partial charge >= 0.3 is 0 Å². The number of thioether (sulfide) groups is 1. The Labute approximate surface area is 152 Å². The highest BCUT2D eigenvalue weighted by Crippen LogP contribution is 2.42. The van der Waals surface area contributed by atoms with Crippen molar-refractivity contribution in [3.8, 4) is 0 Å². The van der Waals surface area contributed by atoms with Crippen LogP contribution in [0.15, 0.2) is 29.2 Å². The van der Waals surface area contributed by atoms with Crippen LogP contribution in [0.4, 0.5) is 0 Å². The van der Waals surface area contributed by atoms with Crippen LogP contribution in [0.25, 0.3) is 0 Å². The molecule has 4 rings (SSSR count). The first-order chi connectivity index (χ1) is 11.8. The Hall–Kier alpha value is -0.510. The van der Waals surface area contributed by atoms with E-state index in [4.69, 9.17) is 0 Å². The molecule has 2 atom stereocenters. The van der Waals surface area contributed by atoms with E-state index in [0.717, 1.165) is 17.2 Å². The summed E-state index contributed by atoms with van der Waals surface area (Å²) >= 11 is 2.13. The molecule has 1 aromatic rings. The molecule has 24 heavy (non-hydrogen) atoms. The first-order valence-corrected chi connectivity index (χ1v) is 10.9. The molecule has 0 bridgehead atoms. The molecule has 2 saturated heterocycles. The average molecular weight is 345 g/mol. The smallest absolute Gasteiger partial charge is 0.0228 e. The van der Waals surface area contributed by atoms with Gasteiger partial charge in [0.15, 0.2) is 0 Å². The molecule has 0 N–H and O–H groups in total. The molecule has 1 aromatic carbocycles. The molecule has 2 fully saturated rings. The van der Waals surface area contributed by atoms with E-state index in [1.807, 2.05) is 0 Å². The van der Waals surface area contributed by atoms with Crippen molar-refractivity contribution in [2.24, 2.45) is 0 Å². The fourth-order valence-corrected chi connectivity index (χ4v) is 6.49. The molecule has 3 heterocycles. The summed E-state index contributed by atoms with van der Waals surface area (Å²) in [5.74, 6) is 0.721. The van der Waals surface area contributed by atoms with Crippen LogP contribution in [0.5, 0.6) is 0 Å². The van der Waals surface area contributed by atoms with E-state index in [-0.39, 0.29) is 0 Å². The number of piperidine rings is 2. The summed E-state index contributed by atoms with van der Waals surface area (Å²) in [5, 5.41) is 0.779. The zero-order valence-corrected chi connectivity index (χ0v) is 15.9. The molecule has 0 saturated carbocycles. The summed E-state index contributed by atoms with van der Waals surface area (Å²) < 4.78 is 0. The zero-order valence-electron chi connectivity index (χ0n) is 15.1. The van der Waals surface area contributed by atoms with E-state index >= 15 is 0 Å². The van der Waals surface area contributed by atoms with Crippen molar-refractivity contribution in [1.29, 1.82) is 0 Å². The van der Waals surface area contributed by atoms with Crippen LogP contribution in [-0.2, 0) is 0 Å². The van der Waals surface area contributed by atoms with Gasteiger partial charge in [-0.15, -0.1) is 11.8 Å². The molecule has 3 heteroatoms. The SMILES string of the molecule is CC1CC(CN2CCC(N3CCCCC3)CC2)Sc2ccccc21. The molecule has 2 unspecified atom stereocenters.